The average molecular weight is 265 g/mol. The van der Waals surface area contributed by atoms with E-state index in [4.69, 9.17) is 4.74 Å². The van der Waals surface area contributed by atoms with Crippen LogP contribution in [0.15, 0.2) is 0 Å². The Bertz CT molecular complexity index is 323. The lowest BCUT2D eigenvalue weighted by molar-refractivity contribution is -0.0365. The van der Waals surface area contributed by atoms with Crippen LogP contribution in [0.25, 0.3) is 0 Å². The number of ether oxygens (including phenoxy) is 1. The summed E-state index contributed by atoms with van der Waals surface area (Å²) in [5.41, 5.74) is 0.468. The van der Waals surface area contributed by atoms with Gasteiger partial charge in [0.25, 0.3) is 0 Å². The third-order valence-corrected chi connectivity index (χ3v) is 6.66. The van der Waals surface area contributed by atoms with Crippen LogP contribution in [0.3, 0.4) is 0 Å². The summed E-state index contributed by atoms with van der Waals surface area (Å²) >= 11 is 2.02. The Morgan fingerprint density at radius 3 is 2.33 bits per heavy atom. The lowest BCUT2D eigenvalue weighted by Gasteiger charge is -2.55. The molecule has 18 heavy (non-hydrogen) atoms. The van der Waals surface area contributed by atoms with Gasteiger partial charge in [0, 0.05) is 18.5 Å². The first kappa shape index (κ1) is 12.8. The first-order valence-electron chi connectivity index (χ1n) is 7.43. The van der Waals surface area contributed by atoms with Gasteiger partial charge in [-0.25, -0.2) is 0 Å². The fraction of sp³-hybridized carbons (Fsp3) is 0.933. The summed E-state index contributed by atoms with van der Waals surface area (Å²) in [6, 6.07) is 2.66. The Kier molecular flexibility index (Phi) is 3.60. The van der Waals surface area contributed by atoms with Crippen molar-refractivity contribution in [1.82, 2.24) is 0 Å². The van der Waals surface area contributed by atoms with Crippen LogP contribution in [0, 0.1) is 16.7 Å². The number of rotatable bonds is 2. The molecule has 1 saturated heterocycles. The van der Waals surface area contributed by atoms with Gasteiger partial charge in [0.2, 0.25) is 0 Å². The number of nitrogens with zero attached hydrogens (tertiary/aromatic N) is 1. The van der Waals surface area contributed by atoms with E-state index >= 15 is 0 Å². The van der Waals surface area contributed by atoms with Crippen LogP contribution in [0.1, 0.15) is 57.8 Å². The van der Waals surface area contributed by atoms with Gasteiger partial charge in [0.15, 0.2) is 0 Å². The number of hydrogen-bond acceptors (Lipinski definition) is 3. The molecule has 3 heteroatoms. The van der Waals surface area contributed by atoms with Gasteiger partial charge in [-0.2, -0.15) is 5.26 Å². The van der Waals surface area contributed by atoms with Crippen molar-refractivity contribution in [3.63, 3.8) is 0 Å². The molecule has 1 spiro atoms. The van der Waals surface area contributed by atoms with Crippen LogP contribution in [0.5, 0.6) is 0 Å². The SMILES string of the molecule is N#CC1(SC2CCCCC2)CC2(CCOCC2)C1. The van der Waals surface area contributed by atoms with Crippen LogP contribution in [-0.4, -0.2) is 23.2 Å². The fourth-order valence-corrected chi connectivity index (χ4v) is 6.05. The van der Waals surface area contributed by atoms with Crippen molar-refractivity contribution in [3.05, 3.63) is 0 Å². The summed E-state index contributed by atoms with van der Waals surface area (Å²) in [5.74, 6) is 0. The molecule has 3 rings (SSSR count). The van der Waals surface area contributed by atoms with E-state index in [1.165, 1.54) is 44.9 Å². The minimum Gasteiger partial charge on any atom is -0.381 e. The topological polar surface area (TPSA) is 33.0 Å². The van der Waals surface area contributed by atoms with Crippen molar-refractivity contribution in [2.75, 3.05) is 13.2 Å². The number of nitriles is 1. The van der Waals surface area contributed by atoms with Gasteiger partial charge >= 0.3 is 0 Å². The maximum atomic E-state index is 9.58. The molecular formula is C15H23NOS. The monoisotopic (exact) mass is 265 g/mol. The Hall–Kier alpha value is -0.200. The Labute approximate surface area is 114 Å². The van der Waals surface area contributed by atoms with Crippen molar-refractivity contribution in [1.29, 1.82) is 5.26 Å². The maximum absolute atomic E-state index is 9.58. The molecule has 0 aromatic heterocycles. The molecule has 1 aliphatic heterocycles. The van der Waals surface area contributed by atoms with E-state index in [0.29, 0.717) is 5.41 Å². The Morgan fingerprint density at radius 2 is 1.72 bits per heavy atom. The molecule has 3 fully saturated rings. The maximum Gasteiger partial charge on any atom is 0.104 e. The van der Waals surface area contributed by atoms with Crippen molar-refractivity contribution >= 4 is 11.8 Å². The molecule has 100 valence electrons. The van der Waals surface area contributed by atoms with Gasteiger partial charge in [-0.1, -0.05) is 19.3 Å². The summed E-state index contributed by atoms with van der Waals surface area (Å²) in [7, 11) is 0. The zero-order valence-electron chi connectivity index (χ0n) is 11.1. The van der Waals surface area contributed by atoms with E-state index in [9.17, 15) is 5.26 Å². The normalized spacial score (nSPS) is 30.6. The molecule has 0 aromatic rings. The first-order valence-corrected chi connectivity index (χ1v) is 8.31. The van der Waals surface area contributed by atoms with E-state index < -0.39 is 0 Å². The van der Waals surface area contributed by atoms with E-state index in [2.05, 4.69) is 6.07 Å². The second kappa shape index (κ2) is 5.06. The highest BCUT2D eigenvalue weighted by Crippen LogP contribution is 2.61. The second-order valence-electron chi connectivity index (χ2n) is 6.45. The molecule has 0 unspecified atom stereocenters. The number of hydrogen-bond donors (Lipinski definition) is 0. The van der Waals surface area contributed by atoms with Gasteiger partial charge in [-0.3, -0.25) is 0 Å². The lowest BCUT2D eigenvalue weighted by atomic mass is 9.58. The molecule has 2 saturated carbocycles. The van der Waals surface area contributed by atoms with Crippen LogP contribution in [-0.2, 0) is 4.74 Å². The molecule has 0 N–H and O–H groups in total. The van der Waals surface area contributed by atoms with E-state index in [1.54, 1.807) is 0 Å². The molecule has 3 aliphatic rings. The zero-order chi connectivity index (χ0) is 12.5. The highest BCUT2D eigenvalue weighted by molar-refractivity contribution is 8.01. The summed E-state index contributed by atoms with van der Waals surface area (Å²) in [5, 5.41) is 10.3. The molecule has 1 heterocycles. The molecule has 0 aromatic carbocycles. The first-order chi connectivity index (χ1) is 8.76. The summed E-state index contributed by atoms with van der Waals surface area (Å²) in [6.07, 6.45) is 11.4. The number of thioether (sulfide) groups is 1. The Balaban J connectivity index is 1.58. The minimum absolute atomic E-state index is 0.0423. The molecule has 2 nitrogen and oxygen atoms in total. The molecule has 0 amide bonds. The largest absolute Gasteiger partial charge is 0.381 e. The highest BCUT2D eigenvalue weighted by Gasteiger charge is 2.56. The standard InChI is InChI=1S/C15H23NOS/c16-12-15(18-13-4-2-1-3-5-13)10-14(11-15)6-8-17-9-7-14/h13H,1-11H2. The highest BCUT2D eigenvalue weighted by atomic mass is 32.2. The lowest BCUT2D eigenvalue weighted by Crippen LogP contribution is -2.52. The van der Waals surface area contributed by atoms with E-state index in [-0.39, 0.29) is 4.75 Å². The molecular weight excluding hydrogens is 242 g/mol. The summed E-state index contributed by atoms with van der Waals surface area (Å²) in [4.78, 5) is 0. The fourth-order valence-electron chi connectivity index (χ4n) is 4.01. The van der Waals surface area contributed by atoms with Crippen LogP contribution < -0.4 is 0 Å². The van der Waals surface area contributed by atoms with E-state index in [1.807, 2.05) is 11.8 Å². The average Bonchev–Trinajstić information content (AvgIpc) is 2.39. The summed E-state index contributed by atoms with van der Waals surface area (Å²) < 4.78 is 5.42. The molecule has 0 radical (unpaired) electrons. The third kappa shape index (κ3) is 2.42. The minimum atomic E-state index is -0.0423. The Morgan fingerprint density at radius 1 is 1.06 bits per heavy atom. The zero-order valence-corrected chi connectivity index (χ0v) is 11.9. The van der Waals surface area contributed by atoms with Gasteiger partial charge in [0.05, 0.1) is 6.07 Å². The quantitative estimate of drug-likeness (QED) is 0.759. The van der Waals surface area contributed by atoms with Crippen molar-refractivity contribution in [2.24, 2.45) is 5.41 Å². The van der Waals surface area contributed by atoms with E-state index in [0.717, 1.165) is 31.3 Å². The molecule has 0 atom stereocenters. The second-order valence-corrected chi connectivity index (χ2v) is 8.13. The third-order valence-electron chi connectivity index (χ3n) is 5.02. The smallest absolute Gasteiger partial charge is 0.104 e. The van der Waals surface area contributed by atoms with Gasteiger partial charge < -0.3 is 4.74 Å². The van der Waals surface area contributed by atoms with Gasteiger partial charge in [0.1, 0.15) is 4.75 Å². The van der Waals surface area contributed by atoms with Crippen molar-refractivity contribution in [3.8, 4) is 6.07 Å². The van der Waals surface area contributed by atoms with Crippen LogP contribution in [0.4, 0.5) is 0 Å². The van der Waals surface area contributed by atoms with Crippen molar-refractivity contribution < 1.29 is 4.74 Å². The van der Waals surface area contributed by atoms with Crippen molar-refractivity contribution in [2.45, 2.75) is 67.8 Å². The molecule has 2 aliphatic carbocycles. The summed E-state index contributed by atoms with van der Waals surface area (Å²) in [6.45, 7) is 1.82. The van der Waals surface area contributed by atoms with Gasteiger partial charge in [-0.05, 0) is 43.9 Å². The predicted octanol–water partition coefficient (Wildman–Crippen LogP) is 3.91. The van der Waals surface area contributed by atoms with Crippen LogP contribution in [0.2, 0.25) is 0 Å². The van der Waals surface area contributed by atoms with Crippen LogP contribution >= 0.6 is 11.8 Å². The predicted molar refractivity (Wildman–Crippen MR) is 74.5 cm³/mol. The molecule has 0 bridgehead atoms. The van der Waals surface area contributed by atoms with Gasteiger partial charge in [-0.15, -0.1) is 11.8 Å².